The number of benzene rings is 2. The Morgan fingerprint density at radius 2 is 1.75 bits per heavy atom. The molecule has 0 saturated heterocycles. The first kappa shape index (κ1) is 16.5. The number of halogens is 2. The topological polar surface area (TPSA) is 58.2 Å². The zero-order valence-corrected chi connectivity index (χ0v) is 13.8. The van der Waals surface area contributed by atoms with Crippen LogP contribution in [-0.4, -0.2) is 11.8 Å². The number of rotatable bonds is 4. The number of anilines is 2. The molecule has 0 aliphatic heterocycles. The Labute approximate surface area is 144 Å². The minimum absolute atomic E-state index is 0.0386. The highest BCUT2D eigenvalue weighted by Gasteiger charge is 2.51. The molecule has 0 bridgehead atoms. The summed E-state index contributed by atoms with van der Waals surface area (Å²) in [5, 5.41) is 5.83. The summed E-state index contributed by atoms with van der Waals surface area (Å²) in [6, 6.07) is 11.3. The highest BCUT2D eigenvalue weighted by Crippen LogP contribution is 2.49. The molecule has 1 fully saturated rings. The van der Waals surface area contributed by atoms with E-state index in [2.05, 4.69) is 10.6 Å². The second-order valence-electron chi connectivity index (χ2n) is 5.92. The van der Waals surface area contributed by atoms with Gasteiger partial charge in [0.1, 0.15) is 5.82 Å². The number of carbonyl (C=O) groups is 2. The van der Waals surface area contributed by atoms with E-state index in [1.807, 2.05) is 12.1 Å². The Morgan fingerprint density at radius 3 is 2.33 bits per heavy atom. The maximum atomic E-state index is 13.7. The van der Waals surface area contributed by atoms with E-state index in [0.29, 0.717) is 10.7 Å². The lowest BCUT2D eigenvalue weighted by atomic mass is 9.95. The molecule has 0 atom stereocenters. The third kappa shape index (κ3) is 3.26. The van der Waals surface area contributed by atoms with Crippen molar-refractivity contribution in [1.29, 1.82) is 0 Å². The Bertz CT molecular complexity index is 801. The number of hydrogen-bond acceptors (Lipinski definition) is 2. The summed E-state index contributed by atoms with van der Waals surface area (Å²) in [5.74, 6) is -1.08. The minimum Gasteiger partial charge on any atom is -0.325 e. The molecular formula is C18H16ClFN2O2. The molecule has 4 nitrogen and oxygen atoms in total. The Hall–Kier alpha value is -2.40. The molecule has 2 amide bonds. The maximum absolute atomic E-state index is 13.7. The maximum Gasteiger partial charge on any atom is 0.235 e. The lowest BCUT2D eigenvalue weighted by Crippen LogP contribution is -2.27. The molecule has 1 aliphatic carbocycles. The Kier molecular flexibility index (Phi) is 4.28. The van der Waals surface area contributed by atoms with Gasteiger partial charge in [0.25, 0.3) is 0 Å². The van der Waals surface area contributed by atoms with Gasteiger partial charge in [-0.3, -0.25) is 9.59 Å². The van der Waals surface area contributed by atoms with Crippen LogP contribution in [0.5, 0.6) is 0 Å². The predicted octanol–water partition coefficient (Wildman–Crippen LogP) is 4.11. The largest absolute Gasteiger partial charge is 0.325 e. The van der Waals surface area contributed by atoms with Crippen LogP contribution in [0, 0.1) is 5.82 Å². The molecule has 6 heteroatoms. The molecule has 0 spiro atoms. The van der Waals surface area contributed by atoms with Gasteiger partial charge in [-0.1, -0.05) is 23.7 Å². The fraction of sp³-hybridized carbons (Fsp3) is 0.222. The summed E-state index contributed by atoms with van der Waals surface area (Å²) >= 11 is 5.89. The zero-order valence-electron chi connectivity index (χ0n) is 13.0. The fourth-order valence-electron chi connectivity index (χ4n) is 2.68. The number of nitrogens with one attached hydrogen (secondary N) is 2. The van der Waals surface area contributed by atoms with Crippen LogP contribution < -0.4 is 10.6 Å². The van der Waals surface area contributed by atoms with Crippen LogP contribution in [0.1, 0.15) is 25.3 Å². The summed E-state index contributed by atoms with van der Waals surface area (Å²) < 4.78 is 13.7. The molecule has 1 aliphatic rings. The fourth-order valence-corrected chi connectivity index (χ4v) is 2.81. The van der Waals surface area contributed by atoms with Crippen molar-refractivity contribution in [1.82, 2.24) is 0 Å². The van der Waals surface area contributed by atoms with Gasteiger partial charge in [0.05, 0.1) is 11.1 Å². The lowest BCUT2D eigenvalue weighted by Gasteiger charge is -2.16. The van der Waals surface area contributed by atoms with Crippen LogP contribution in [0.15, 0.2) is 42.5 Å². The first-order valence-corrected chi connectivity index (χ1v) is 7.93. The van der Waals surface area contributed by atoms with Gasteiger partial charge in [-0.2, -0.15) is 0 Å². The predicted molar refractivity (Wildman–Crippen MR) is 91.7 cm³/mol. The summed E-state index contributed by atoms with van der Waals surface area (Å²) in [7, 11) is 0. The molecule has 2 aromatic rings. The quantitative estimate of drug-likeness (QED) is 0.875. The third-order valence-electron chi connectivity index (χ3n) is 4.12. The summed E-state index contributed by atoms with van der Waals surface area (Å²) in [5.41, 5.74) is 0.822. The molecular weight excluding hydrogens is 331 g/mol. The average molecular weight is 347 g/mol. The van der Waals surface area contributed by atoms with Gasteiger partial charge in [-0.05, 0) is 48.7 Å². The van der Waals surface area contributed by atoms with Crippen LogP contribution in [0.4, 0.5) is 15.8 Å². The molecule has 0 unspecified atom stereocenters. The number of hydrogen-bond donors (Lipinski definition) is 2. The normalized spacial score (nSPS) is 14.8. The Morgan fingerprint density at radius 1 is 1.08 bits per heavy atom. The van der Waals surface area contributed by atoms with E-state index >= 15 is 0 Å². The monoisotopic (exact) mass is 346 g/mol. The van der Waals surface area contributed by atoms with E-state index in [0.717, 1.165) is 18.4 Å². The van der Waals surface area contributed by atoms with Crippen molar-refractivity contribution in [3.8, 4) is 0 Å². The minimum atomic E-state index is -0.562. The van der Waals surface area contributed by atoms with E-state index in [9.17, 15) is 14.0 Å². The summed E-state index contributed by atoms with van der Waals surface area (Å²) in [4.78, 5) is 23.8. The Balaban J connectivity index is 1.80. The molecule has 24 heavy (non-hydrogen) atoms. The van der Waals surface area contributed by atoms with Crippen molar-refractivity contribution in [2.75, 3.05) is 10.6 Å². The number of carbonyl (C=O) groups excluding carboxylic acids is 2. The first-order chi connectivity index (χ1) is 11.4. The molecule has 0 radical (unpaired) electrons. The summed E-state index contributed by atoms with van der Waals surface area (Å²) in [6.07, 6.45) is 1.50. The standard InChI is InChI=1S/C18H16ClFN2O2/c1-11(23)21-16-10-14(6-7-15(16)20)22-17(24)18(8-9-18)12-2-4-13(19)5-3-12/h2-7,10H,8-9H2,1H3,(H,21,23)(H,22,24). The van der Waals surface area contributed by atoms with Gasteiger partial charge in [-0.25, -0.2) is 4.39 Å². The van der Waals surface area contributed by atoms with E-state index in [1.165, 1.54) is 25.1 Å². The van der Waals surface area contributed by atoms with Crippen molar-refractivity contribution in [3.63, 3.8) is 0 Å². The zero-order chi connectivity index (χ0) is 17.3. The van der Waals surface area contributed by atoms with Crippen molar-refractivity contribution in [2.45, 2.75) is 25.2 Å². The molecule has 0 heterocycles. The van der Waals surface area contributed by atoms with Gasteiger partial charge in [0.2, 0.25) is 11.8 Å². The SMILES string of the molecule is CC(=O)Nc1cc(NC(=O)C2(c3ccc(Cl)cc3)CC2)ccc1F. The molecule has 124 valence electrons. The second-order valence-corrected chi connectivity index (χ2v) is 6.36. The van der Waals surface area contributed by atoms with Crippen molar-refractivity contribution in [3.05, 3.63) is 58.9 Å². The van der Waals surface area contributed by atoms with Gasteiger partial charge in [0, 0.05) is 17.6 Å². The van der Waals surface area contributed by atoms with Crippen LogP contribution >= 0.6 is 11.6 Å². The van der Waals surface area contributed by atoms with Crippen molar-refractivity contribution in [2.24, 2.45) is 0 Å². The molecule has 3 rings (SSSR count). The van der Waals surface area contributed by atoms with Crippen molar-refractivity contribution < 1.29 is 14.0 Å². The van der Waals surface area contributed by atoms with Crippen LogP contribution in [-0.2, 0) is 15.0 Å². The highest BCUT2D eigenvalue weighted by atomic mass is 35.5. The highest BCUT2D eigenvalue weighted by molar-refractivity contribution is 6.30. The first-order valence-electron chi connectivity index (χ1n) is 7.55. The van der Waals surface area contributed by atoms with Crippen molar-refractivity contribution >= 4 is 34.8 Å². The average Bonchev–Trinajstić information content (AvgIpc) is 3.32. The summed E-state index contributed by atoms with van der Waals surface area (Å²) in [6.45, 7) is 1.30. The van der Waals surface area contributed by atoms with E-state index in [1.54, 1.807) is 12.1 Å². The lowest BCUT2D eigenvalue weighted by molar-refractivity contribution is -0.118. The van der Waals surface area contributed by atoms with Gasteiger partial charge >= 0.3 is 0 Å². The van der Waals surface area contributed by atoms with Crippen LogP contribution in [0.2, 0.25) is 5.02 Å². The molecule has 2 N–H and O–H groups in total. The molecule has 1 saturated carbocycles. The van der Waals surface area contributed by atoms with Gasteiger partial charge in [0.15, 0.2) is 0 Å². The number of amides is 2. The van der Waals surface area contributed by atoms with Crippen LogP contribution in [0.3, 0.4) is 0 Å². The van der Waals surface area contributed by atoms with E-state index < -0.39 is 11.2 Å². The van der Waals surface area contributed by atoms with E-state index in [4.69, 9.17) is 11.6 Å². The smallest absolute Gasteiger partial charge is 0.235 e. The van der Waals surface area contributed by atoms with Gasteiger partial charge in [-0.15, -0.1) is 0 Å². The molecule has 0 aromatic heterocycles. The van der Waals surface area contributed by atoms with E-state index in [-0.39, 0.29) is 17.5 Å². The third-order valence-corrected chi connectivity index (χ3v) is 4.37. The molecule has 2 aromatic carbocycles. The van der Waals surface area contributed by atoms with Gasteiger partial charge < -0.3 is 10.6 Å². The van der Waals surface area contributed by atoms with Crippen LogP contribution in [0.25, 0.3) is 0 Å². The second kappa shape index (κ2) is 6.24.